The number of carbonyl (C=O) groups excluding carboxylic acids is 2. The first kappa shape index (κ1) is 28.8. The highest BCUT2D eigenvalue weighted by Crippen LogP contribution is 2.52. The summed E-state index contributed by atoms with van der Waals surface area (Å²) in [5.74, 6) is 1.65. The largest absolute Gasteiger partial charge is 0.496 e. The lowest BCUT2D eigenvalue weighted by Gasteiger charge is -2.23. The third-order valence-electron chi connectivity index (χ3n) is 7.05. The zero-order valence-electron chi connectivity index (χ0n) is 23.9. The van der Waals surface area contributed by atoms with Crippen LogP contribution in [0.1, 0.15) is 40.8 Å². The number of thiophene rings is 1. The van der Waals surface area contributed by atoms with Crippen molar-refractivity contribution in [2.75, 3.05) is 38.0 Å². The van der Waals surface area contributed by atoms with Gasteiger partial charge >= 0.3 is 0 Å². The number of benzene rings is 2. The molecule has 1 aliphatic heterocycles. The number of methoxy groups -OCH3 is 2. The van der Waals surface area contributed by atoms with Gasteiger partial charge in [0, 0.05) is 12.1 Å². The number of hydrogen-bond acceptors (Lipinski definition) is 7. The minimum atomic E-state index is -0.215. The minimum absolute atomic E-state index is 0.109. The van der Waals surface area contributed by atoms with Crippen molar-refractivity contribution in [1.82, 2.24) is 15.1 Å². The topological polar surface area (TPSA) is 85.7 Å². The number of aromatic nitrogens is 2. The van der Waals surface area contributed by atoms with Crippen molar-refractivity contribution in [1.29, 1.82) is 0 Å². The molecular formula is C31H34N4O4S2. The van der Waals surface area contributed by atoms with Gasteiger partial charge in [-0.15, -0.1) is 11.8 Å². The van der Waals surface area contributed by atoms with Crippen LogP contribution in [0.2, 0.25) is 0 Å². The van der Waals surface area contributed by atoms with Crippen LogP contribution in [0.5, 0.6) is 11.5 Å². The van der Waals surface area contributed by atoms with E-state index in [1.54, 1.807) is 42.2 Å². The third-order valence-corrected chi connectivity index (χ3v) is 9.01. The van der Waals surface area contributed by atoms with Crippen LogP contribution in [0, 0.1) is 13.8 Å². The molecule has 8 nitrogen and oxygen atoms in total. The molecule has 2 aromatic heterocycles. The van der Waals surface area contributed by atoms with Crippen LogP contribution in [0.15, 0.2) is 53.2 Å². The van der Waals surface area contributed by atoms with Gasteiger partial charge in [-0.3, -0.25) is 14.5 Å². The van der Waals surface area contributed by atoms with Crippen molar-refractivity contribution in [2.24, 2.45) is 0 Å². The monoisotopic (exact) mass is 590 g/mol. The van der Waals surface area contributed by atoms with E-state index in [0.717, 1.165) is 34.4 Å². The summed E-state index contributed by atoms with van der Waals surface area (Å²) in [7, 11) is 3.24. The molecule has 4 aromatic rings. The quantitative estimate of drug-likeness (QED) is 0.260. The fourth-order valence-corrected chi connectivity index (χ4v) is 7.11. The Kier molecular flexibility index (Phi) is 8.70. The van der Waals surface area contributed by atoms with Gasteiger partial charge in [0.2, 0.25) is 11.8 Å². The Bertz CT molecular complexity index is 1540. The van der Waals surface area contributed by atoms with E-state index in [9.17, 15) is 9.59 Å². The summed E-state index contributed by atoms with van der Waals surface area (Å²) >= 11 is 3.15. The van der Waals surface area contributed by atoms with Gasteiger partial charge in [-0.25, -0.2) is 4.68 Å². The van der Waals surface area contributed by atoms with Crippen LogP contribution in [-0.2, 0) is 9.59 Å². The Hall–Kier alpha value is -3.76. The maximum absolute atomic E-state index is 13.9. The van der Waals surface area contributed by atoms with Crippen molar-refractivity contribution in [3.63, 3.8) is 0 Å². The second-order valence-electron chi connectivity index (χ2n) is 9.90. The first-order chi connectivity index (χ1) is 19.9. The molecule has 0 saturated carbocycles. The van der Waals surface area contributed by atoms with Crippen LogP contribution in [0.3, 0.4) is 0 Å². The first-order valence-corrected chi connectivity index (χ1v) is 15.5. The summed E-state index contributed by atoms with van der Waals surface area (Å²) in [5.41, 5.74) is 6.20. The standard InChI is InChI=1S/C31H34N4O4S2/c1-6-13-32-25(36)16-34-26(37)18-41-30(21-12-14-40-17-21)28-29(27-23(38-4)8-7-9-24(27)39-5)33-35(31(28)34)22-11-10-19(2)15-20(22)3/h7-12,14-15,17,30H,6,13,16,18H2,1-5H3,(H,32,36). The summed E-state index contributed by atoms with van der Waals surface area (Å²) in [6.07, 6.45) is 0.805. The first-order valence-electron chi connectivity index (χ1n) is 13.5. The van der Waals surface area contributed by atoms with Crippen LogP contribution >= 0.6 is 23.1 Å². The van der Waals surface area contributed by atoms with E-state index >= 15 is 0 Å². The summed E-state index contributed by atoms with van der Waals surface area (Å²) in [4.78, 5) is 28.6. The van der Waals surface area contributed by atoms with Gasteiger partial charge in [-0.2, -0.15) is 16.4 Å². The molecule has 214 valence electrons. The number of anilines is 1. The molecule has 1 aliphatic rings. The molecule has 0 spiro atoms. The molecule has 3 heterocycles. The maximum atomic E-state index is 13.9. The highest BCUT2D eigenvalue weighted by Gasteiger charge is 2.39. The molecule has 1 atom stereocenters. The Morgan fingerprint density at radius 2 is 1.88 bits per heavy atom. The number of carbonyl (C=O) groups is 2. The lowest BCUT2D eigenvalue weighted by molar-refractivity contribution is -0.122. The molecule has 2 aromatic carbocycles. The number of aryl methyl sites for hydroxylation is 2. The van der Waals surface area contributed by atoms with E-state index in [4.69, 9.17) is 14.6 Å². The van der Waals surface area contributed by atoms with E-state index in [2.05, 4.69) is 22.8 Å². The average molecular weight is 591 g/mol. The number of hydrogen-bond donors (Lipinski definition) is 1. The van der Waals surface area contributed by atoms with Crippen LogP contribution < -0.4 is 19.7 Å². The third kappa shape index (κ3) is 5.58. The van der Waals surface area contributed by atoms with Crippen molar-refractivity contribution >= 4 is 40.7 Å². The molecule has 2 amide bonds. The van der Waals surface area contributed by atoms with Crippen LogP contribution in [0.4, 0.5) is 5.82 Å². The summed E-state index contributed by atoms with van der Waals surface area (Å²) in [5, 5.41) is 12.1. The van der Waals surface area contributed by atoms with Gasteiger partial charge in [-0.1, -0.05) is 30.7 Å². The second-order valence-corrected chi connectivity index (χ2v) is 11.8. The average Bonchev–Trinajstić information content (AvgIpc) is 3.61. The predicted octanol–water partition coefficient (Wildman–Crippen LogP) is 5.93. The zero-order chi connectivity index (χ0) is 29.1. The Morgan fingerprint density at radius 1 is 1.12 bits per heavy atom. The van der Waals surface area contributed by atoms with Crippen molar-refractivity contribution < 1.29 is 19.1 Å². The lowest BCUT2D eigenvalue weighted by Crippen LogP contribution is -2.42. The molecule has 0 saturated heterocycles. The molecule has 0 fully saturated rings. The second kappa shape index (κ2) is 12.4. The summed E-state index contributed by atoms with van der Waals surface area (Å²) < 4.78 is 13.5. The normalized spacial score (nSPS) is 14.9. The Balaban J connectivity index is 1.87. The molecular weight excluding hydrogens is 556 g/mol. The molecule has 10 heteroatoms. The smallest absolute Gasteiger partial charge is 0.240 e. The number of nitrogens with zero attached hydrogens (tertiary/aromatic N) is 3. The van der Waals surface area contributed by atoms with E-state index in [-0.39, 0.29) is 29.4 Å². The Labute approximate surface area is 248 Å². The fourth-order valence-electron chi connectivity index (χ4n) is 5.15. The van der Waals surface area contributed by atoms with E-state index < -0.39 is 0 Å². The lowest BCUT2D eigenvalue weighted by atomic mass is 9.99. The minimum Gasteiger partial charge on any atom is -0.496 e. The summed E-state index contributed by atoms with van der Waals surface area (Å²) in [6.45, 7) is 6.51. The van der Waals surface area contributed by atoms with Gasteiger partial charge in [-0.05, 0) is 66.4 Å². The van der Waals surface area contributed by atoms with Gasteiger partial charge in [0.1, 0.15) is 29.6 Å². The van der Waals surface area contributed by atoms with Crippen LogP contribution in [-0.4, -0.2) is 54.7 Å². The number of ether oxygens (including phenoxy) is 2. The molecule has 1 unspecified atom stereocenters. The van der Waals surface area contributed by atoms with Crippen molar-refractivity contribution in [3.05, 3.63) is 75.5 Å². The highest BCUT2D eigenvalue weighted by molar-refractivity contribution is 8.00. The van der Waals surface area contributed by atoms with Crippen LogP contribution in [0.25, 0.3) is 16.9 Å². The zero-order valence-corrected chi connectivity index (χ0v) is 25.5. The van der Waals surface area contributed by atoms with Gasteiger partial charge in [0.25, 0.3) is 0 Å². The molecule has 41 heavy (non-hydrogen) atoms. The number of rotatable bonds is 9. The number of thioether (sulfide) groups is 1. The van der Waals surface area contributed by atoms with E-state index in [0.29, 0.717) is 35.1 Å². The molecule has 0 radical (unpaired) electrons. The Morgan fingerprint density at radius 3 is 2.51 bits per heavy atom. The van der Waals surface area contributed by atoms with Crippen molar-refractivity contribution in [3.8, 4) is 28.4 Å². The maximum Gasteiger partial charge on any atom is 0.240 e. The number of amides is 2. The van der Waals surface area contributed by atoms with Gasteiger partial charge in [0.05, 0.1) is 36.5 Å². The van der Waals surface area contributed by atoms with E-state index in [1.165, 1.54) is 0 Å². The van der Waals surface area contributed by atoms with E-state index in [1.807, 2.05) is 61.2 Å². The van der Waals surface area contributed by atoms with Gasteiger partial charge < -0.3 is 14.8 Å². The summed E-state index contributed by atoms with van der Waals surface area (Å²) in [6, 6.07) is 13.8. The fraction of sp³-hybridized carbons (Fsp3) is 0.323. The predicted molar refractivity (Wildman–Crippen MR) is 166 cm³/mol. The number of fused-ring (bicyclic) bond motifs is 1. The highest BCUT2D eigenvalue weighted by atomic mass is 32.2. The van der Waals surface area contributed by atoms with Gasteiger partial charge in [0.15, 0.2) is 0 Å². The van der Waals surface area contributed by atoms with Crippen molar-refractivity contribution in [2.45, 2.75) is 32.4 Å². The molecule has 1 N–H and O–H groups in total. The molecule has 0 aliphatic carbocycles. The molecule has 0 bridgehead atoms. The number of nitrogens with one attached hydrogen (secondary N) is 1. The SMILES string of the molecule is CCCNC(=O)CN1C(=O)CSC(c2ccsc2)c2c(-c3c(OC)cccc3OC)nn(-c3ccc(C)cc3C)c21. The molecule has 5 rings (SSSR count).